The van der Waals surface area contributed by atoms with Crippen LogP contribution >= 0.6 is 11.8 Å². The number of aromatic nitrogens is 3. The number of rotatable bonds is 5. The van der Waals surface area contributed by atoms with E-state index in [1.807, 2.05) is 41.8 Å². The largest absolute Gasteiger partial charge is 0.461 e. The van der Waals surface area contributed by atoms with E-state index in [0.717, 1.165) is 17.3 Å². The third-order valence-corrected chi connectivity index (χ3v) is 5.02. The van der Waals surface area contributed by atoms with Crippen LogP contribution in [0.2, 0.25) is 0 Å². The Morgan fingerprint density at radius 3 is 2.48 bits per heavy atom. The van der Waals surface area contributed by atoms with Gasteiger partial charge in [-0.25, -0.2) is 8.78 Å². The monoisotopic (exact) mass is 383 g/mol. The summed E-state index contributed by atoms with van der Waals surface area (Å²) in [6.45, 7) is 2.00. The van der Waals surface area contributed by atoms with Crippen LogP contribution in [0.15, 0.2) is 70.4 Å². The van der Waals surface area contributed by atoms with Crippen molar-refractivity contribution in [1.82, 2.24) is 14.8 Å². The predicted octanol–water partition coefficient (Wildman–Crippen LogP) is 5.41. The lowest BCUT2D eigenvalue weighted by Crippen LogP contribution is -2.01. The summed E-state index contributed by atoms with van der Waals surface area (Å²) < 4.78 is 34.3. The average Bonchev–Trinajstić information content (AvgIpc) is 3.29. The molecule has 4 rings (SSSR count). The van der Waals surface area contributed by atoms with Crippen LogP contribution < -0.4 is 0 Å². The topological polar surface area (TPSA) is 43.9 Å². The maximum atomic E-state index is 13.4. The van der Waals surface area contributed by atoms with Gasteiger partial charge in [-0.15, -0.1) is 10.2 Å². The molecule has 0 spiro atoms. The summed E-state index contributed by atoms with van der Waals surface area (Å²) in [4.78, 5) is 0. The Hall–Kier alpha value is -2.93. The fraction of sp³-hybridized carbons (Fsp3) is 0.100. The van der Waals surface area contributed by atoms with Crippen LogP contribution in [0.4, 0.5) is 8.78 Å². The molecule has 7 heteroatoms. The summed E-state index contributed by atoms with van der Waals surface area (Å²) in [5, 5.41) is 9.16. The second-order valence-electron chi connectivity index (χ2n) is 5.97. The zero-order valence-electron chi connectivity index (χ0n) is 14.4. The molecule has 0 unspecified atom stereocenters. The van der Waals surface area contributed by atoms with Crippen molar-refractivity contribution in [2.75, 3.05) is 0 Å². The van der Waals surface area contributed by atoms with Gasteiger partial charge in [-0.2, -0.15) is 0 Å². The van der Waals surface area contributed by atoms with E-state index >= 15 is 0 Å². The summed E-state index contributed by atoms with van der Waals surface area (Å²) in [6.07, 6.45) is 1.58. The minimum Gasteiger partial charge on any atom is -0.461 e. The number of furan rings is 1. The second-order valence-corrected chi connectivity index (χ2v) is 6.91. The van der Waals surface area contributed by atoms with Gasteiger partial charge < -0.3 is 4.42 Å². The van der Waals surface area contributed by atoms with E-state index in [1.165, 1.54) is 23.9 Å². The normalized spacial score (nSPS) is 11.1. The molecule has 0 amide bonds. The summed E-state index contributed by atoms with van der Waals surface area (Å²) in [7, 11) is 0. The minimum absolute atomic E-state index is 0.358. The van der Waals surface area contributed by atoms with E-state index in [0.29, 0.717) is 28.1 Å². The molecule has 0 aliphatic rings. The predicted molar refractivity (Wildman–Crippen MR) is 99.7 cm³/mol. The molecule has 0 N–H and O–H groups in total. The molecule has 0 bridgehead atoms. The van der Waals surface area contributed by atoms with Crippen LogP contribution in [0.25, 0.3) is 17.3 Å². The fourth-order valence-electron chi connectivity index (χ4n) is 2.80. The van der Waals surface area contributed by atoms with Gasteiger partial charge in [-0.3, -0.25) is 4.57 Å². The Morgan fingerprint density at radius 2 is 1.78 bits per heavy atom. The number of halogens is 2. The lowest BCUT2D eigenvalue weighted by atomic mass is 10.2. The van der Waals surface area contributed by atoms with E-state index in [9.17, 15) is 8.78 Å². The zero-order chi connectivity index (χ0) is 18.8. The SMILES string of the molecule is Cc1ccccc1-n1c(SCc2cc(F)cc(F)c2)nnc1-c1ccco1. The molecular formula is C20H15F2N3OS. The average molecular weight is 383 g/mol. The Bertz CT molecular complexity index is 1060. The highest BCUT2D eigenvalue weighted by Gasteiger charge is 2.19. The van der Waals surface area contributed by atoms with Crippen molar-refractivity contribution in [3.05, 3.63) is 83.6 Å². The molecule has 2 aromatic carbocycles. The molecule has 27 heavy (non-hydrogen) atoms. The van der Waals surface area contributed by atoms with Crippen molar-refractivity contribution in [2.24, 2.45) is 0 Å². The molecule has 2 heterocycles. The van der Waals surface area contributed by atoms with Crippen LogP contribution in [-0.4, -0.2) is 14.8 Å². The summed E-state index contributed by atoms with van der Waals surface area (Å²) >= 11 is 1.35. The Morgan fingerprint density at radius 1 is 1.00 bits per heavy atom. The van der Waals surface area contributed by atoms with E-state index < -0.39 is 11.6 Å². The molecule has 0 radical (unpaired) electrons. The van der Waals surface area contributed by atoms with Crippen molar-refractivity contribution in [1.29, 1.82) is 0 Å². The van der Waals surface area contributed by atoms with Crippen molar-refractivity contribution < 1.29 is 13.2 Å². The highest BCUT2D eigenvalue weighted by molar-refractivity contribution is 7.98. The van der Waals surface area contributed by atoms with E-state index in [-0.39, 0.29) is 0 Å². The molecule has 0 aliphatic heterocycles. The molecule has 4 aromatic rings. The van der Waals surface area contributed by atoms with Crippen molar-refractivity contribution in [3.8, 4) is 17.3 Å². The molecular weight excluding hydrogens is 368 g/mol. The van der Waals surface area contributed by atoms with Crippen molar-refractivity contribution in [2.45, 2.75) is 17.8 Å². The number of thioether (sulfide) groups is 1. The maximum absolute atomic E-state index is 13.4. The Labute approximate surface area is 158 Å². The van der Waals surface area contributed by atoms with E-state index in [1.54, 1.807) is 12.3 Å². The van der Waals surface area contributed by atoms with Crippen LogP contribution in [0.5, 0.6) is 0 Å². The van der Waals surface area contributed by atoms with Crippen molar-refractivity contribution >= 4 is 11.8 Å². The highest BCUT2D eigenvalue weighted by Crippen LogP contribution is 2.31. The third-order valence-electron chi connectivity index (χ3n) is 4.02. The standard InChI is InChI=1S/C20H15F2N3OS/c1-13-5-2-3-6-17(13)25-19(18-7-4-8-26-18)23-24-20(25)27-12-14-9-15(21)11-16(22)10-14/h2-11H,12H2,1H3. The third kappa shape index (κ3) is 3.64. The maximum Gasteiger partial charge on any atom is 0.205 e. The number of hydrogen-bond acceptors (Lipinski definition) is 4. The first-order valence-electron chi connectivity index (χ1n) is 8.25. The van der Waals surface area contributed by atoms with Gasteiger partial charge in [0.1, 0.15) is 11.6 Å². The molecule has 0 saturated heterocycles. The molecule has 2 aromatic heterocycles. The Balaban J connectivity index is 1.74. The fourth-order valence-corrected chi connectivity index (χ4v) is 3.68. The summed E-state index contributed by atoms with van der Waals surface area (Å²) in [5.74, 6) is 0.331. The van der Waals surface area contributed by atoms with Gasteiger partial charge in [0.15, 0.2) is 10.9 Å². The molecule has 0 fully saturated rings. The van der Waals surface area contributed by atoms with Gasteiger partial charge in [0.05, 0.1) is 12.0 Å². The smallest absolute Gasteiger partial charge is 0.205 e. The van der Waals surface area contributed by atoms with Crippen LogP contribution in [0.3, 0.4) is 0 Å². The zero-order valence-corrected chi connectivity index (χ0v) is 15.2. The quantitative estimate of drug-likeness (QED) is 0.433. The van der Waals surface area contributed by atoms with Crippen molar-refractivity contribution in [3.63, 3.8) is 0 Å². The number of aryl methyl sites for hydroxylation is 1. The summed E-state index contributed by atoms with van der Waals surface area (Å²) in [6, 6.07) is 15.0. The Kier molecular flexibility index (Phi) is 4.77. The summed E-state index contributed by atoms with van der Waals surface area (Å²) in [5.41, 5.74) is 2.50. The minimum atomic E-state index is -0.595. The molecule has 4 nitrogen and oxygen atoms in total. The van der Waals surface area contributed by atoms with E-state index in [4.69, 9.17) is 4.42 Å². The van der Waals surface area contributed by atoms with Gasteiger partial charge in [0.2, 0.25) is 5.82 Å². The number of hydrogen-bond donors (Lipinski definition) is 0. The van der Waals surface area contributed by atoms with Gasteiger partial charge in [-0.1, -0.05) is 30.0 Å². The second kappa shape index (κ2) is 7.36. The molecule has 136 valence electrons. The highest BCUT2D eigenvalue weighted by atomic mass is 32.2. The first-order chi connectivity index (χ1) is 13.1. The van der Waals surface area contributed by atoms with E-state index in [2.05, 4.69) is 10.2 Å². The van der Waals surface area contributed by atoms with Gasteiger partial charge in [0, 0.05) is 11.8 Å². The number of benzene rings is 2. The lowest BCUT2D eigenvalue weighted by molar-refractivity contribution is 0.575. The molecule has 0 aliphatic carbocycles. The lowest BCUT2D eigenvalue weighted by Gasteiger charge is -2.12. The number of para-hydroxylation sites is 1. The van der Waals surface area contributed by atoms with Gasteiger partial charge in [0.25, 0.3) is 0 Å². The first kappa shape index (κ1) is 17.5. The van der Waals surface area contributed by atoms with Gasteiger partial charge in [-0.05, 0) is 48.4 Å². The molecule has 0 atom stereocenters. The molecule has 0 saturated carbocycles. The van der Waals surface area contributed by atoms with Crippen LogP contribution in [0, 0.1) is 18.6 Å². The van der Waals surface area contributed by atoms with Gasteiger partial charge >= 0.3 is 0 Å². The van der Waals surface area contributed by atoms with Crippen LogP contribution in [0.1, 0.15) is 11.1 Å². The number of nitrogens with zero attached hydrogens (tertiary/aromatic N) is 3. The first-order valence-corrected chi connectivity index (χ1v) is 9.23. The van der Waals surface area contributed by atoms with Crippen LogP contribution in [-0.2, 0) is 5.75 Å².